The topological polar surface area (TPSA) is 75.7 Å². The lowest BCUT2D eigenvalue weighted by Gasteiger charge is -2.24. The van der Waals surface area contributed by atoms with Gasteiger partial charge in [0, 0.05) is 6.54 Å². The Kier molecular flexibility index (Phi) is 8.43. The Bertz CT molecular complexity index is 1150. The Morgan fingerprint density at radius 1 is 0.970 bits per heavy atom. The molecule has 6 nitrogen and oxygen atoms in total. The van der Waals surface area contributed by atoms with Crippen molar-refractivity contribution in [3.63, 3.8) is 0 Å². The van der Waals surface area contributed by atoms with E-state index < -0.39 is 28.3 Å². The van der Waals surface area contributed by atoms with E-state index in [1.165, 1.54) is 24.3 Å². The van der Waals surface area contributed by atoms with Gasteiger partial charge in [0.05, 0.1) is 17.2 Å². The SMILES string of the molecule is CCOc1ccccc1CCCNC(=O)CN(c1ccc(F)cc1)S(=O)(=O)c1ccccc1. The summed E-state index contributed by atoms with van der Waals surface area (Å²) >= 11 is 0. The van der Waals surface area contributed by atoms with E-state index in [1.807, 2.05) is 31.2 Å². The molecule has 0 aliphatic heterocycles. The number of halogens is 1. The van der Waals surface area contributed by atoms with E-state index in [9.17, 15) is 17.6 Å². The number of anilines is 1. The number of benzene rings is 3. The molecule has 0 bridgehead atoms. The minimum Gasteiger partial charge on any atom is -0.494 e. The summed E-state index contributed by atoms with van der Waals surface area (Å²) in [5.74, 6) is -0.118. The van der Waals surface area contributed by atoms with Crippen molar-refractivity contribution in [3.8, 4) is 5.75 Å². The third kappa shape index (κ3) is 6.55. The molecule has 0 heterocycles. The van der Waals surface area contributed by atoms with Gasteiger partial charge in [0.15, 0.2) is 0 Å². The molecule has 0 spiro atoms. The van der Waals surface area contributed by atoms with E-state index in [-0.39, 0.29) is 10.6 Å². The number of hydrogen-bond acceptors (Lipinski definition) is 4. The standard InChI is InChI=1S/C25H27FN2O4S/c1-2-32-24-13-7-6-9-20(24)10-8-18-27-25(29)19-28(22-16-14-21(26)15-17-22)33(30,31)23-11-4-3-5-12-23/h3-7,9,11-17H,2,8,10,18-19H2,1H3,(H,27,29). The fraction of sp³-hybridized carbons (Fsp3) is 0.240. The zero-order valence-corrected chi connectivity index (χ0v) is 19.2. The molecule has 3 aromatic carbocycles. The van der Waals surface area contributed by atoms with Gasteiger partial charge in [-0.1, -0.05) is 36.4 Å². The molecule has 3 aromatic rings. The summed E-state index contributed by atoms with van der Waals surface area (Å²) in [5.41, 5.74) is 1.26. The van der Waals surface area contributed by atoms with Gasteiger partial charge in [0.25, 0.3) is 10.0 Å². The molecule has 0 radical (unpaired) electrons. The number of carbonyl (C=O) groups excluding carboxylic acids is 1. The zero-order chi connectivity index (χ0) is 23.7. The van der Waals surface area contributed by atoms with Gasteiger partial charge in [-0.15, -0.1) is 0 Å². The van der Waals surface area contributed by atoms with Crippen molar-refractivity contribution in [3.05, 3.63) is 90.2 Å². The number of rotatable bonds is 11. The first-order valence-electron chi connectivity index (χ1n) is 10.7. The first kappa shape index (κ1) is 24.3. The Balaban J connectivity index is 1.66. The van der Waals surface area contributed by atoms with E-state index in [1.54, 1.807) is 18.2 Å². The summed E-state index contributed by atoms with van der Waals surface area (Å²) in [4.78, 5) is 12.7. The lowest BCUT2D eigenvalue weighted by Crippen LogP contribution is -2.41. The van der Waals surface area contributed by atoms with Gasteiger partial charge in [0.1, 0.15) is 18.1 Å². The second-order valence-electron chi connectivity index (χ2n) is 7.30. The highest BCUT2D eigenvalue weighted by molar-refractivity contribution is 7.92. The number of amides is 1. The maximum Gasteiger partial charge on any atom is 0.264 e. The van der Waals surface area contributed by atoms with Crippen LogP contribution in [-0.4, -0.2) is 34.0 Å². The summed E-state index contributed by atoms with van der Waals surface area (Å²) < 4.78 is 46.4. The van der Waals surface area contributed by atoms with Crippen LogP contribution in [0.5, 0.6) is 5.75 Å². The number of hydrogen-bond donors (Lipinski definition) is 1. The van der Waals surface area contributed by atoms with Gasteiger partial charge in [0.2, 0.25) is 5.91 Å². The number of sulfonamides is 1. The van der Waals surface area contributed by atoms with E-state index >= 15 is 0 Å². The molecule has 8 heteroatoms. The van der Waals surface area contributed by atoms with E-state index in [0.29, 0.717) is 26.0 Å². The summed E-state index contributed by atoms with van der Waals surface area (Å²) in [6.45, 7) is 2.45. The van der Waals surface area contributed by atoms with Crippen molar-refractivity contribution in [2.45, 2.75) is 24.7 Å². The predicted molar refractivity (Wildman–Crippen MR) is 126 cm³/mol. The molecule has 0 aliphatic carbocycles. The minimum atomic E-state index is -4.01. The summed E-state index contributed by atoms with van der Waals surface area (Å²) in [6.07, 6.45) is 1.37. The molecular formula is C25H27FN2O4S. The highest BCUT2D eigenvalue weighted by Crippen LogP contribution is 2.24. The normalized spacial score (nSPS) is 11.1. The van der Waals surface area contributed by atoms with E-state index in [0.717, 1.165) is 27.8 Å². The van der Waals surface area contributed by atoms with Gasteiger partial charge < -0.3 is 10.1 Å². The molecule has 174 valence electrons. The molecule has 1 amide bonds. The molecule has 1 N–H and O–H groups in total. The van der Waals surface area contributed by atoms with Gasteiger partial charge in [-0.25, -0.2) is 12.8 Å². The predicted octanol–water partition coefficient (Wildman–Crippen LogP) is 4.17. The summed E-state index contributed by atoms with van der Waals surface area (Å²) in [5, 5.41) is 2.78. The number of aryl methyl sites for hydroxylation is 1. The summed E-state index contributed by atoms with van der Waals surface area (Å²) in [6, 6.07) is 20.6. The van der Waals surface area contributed by atoms with Crippen LogP contribution < -0.4 is 14.4 Å². The lowest BCUT2D eigenvalue weighted by molar-refractivity contribution is -0.119. The molecule has 0 saturated heterocycles. The van der Waals surface area contributed by atoms with Crippen LogP contribution in [0.15, 0.2) is 83.8 Å². The monoisotopic (exact) mass is 470 g/mol. The Labute approximate surface area is 194 Å². The van der Waals surface area contributed by atoms with Crippen molar-refractivity contribution in [2.24, 2.45) is 0 Å². The maximum atomic E-state index is 13.4. The largest absolute Gasteiger partial charge is 0.494 e. The van der Waals surface area contributed by atoms with Crippen molar-refractivity contribution in [1.82, 2.24) is 5.32 Å². The molecule has 33 heavy (non-hydrogen) atoms. The van der Waals surface area contributed by atoms with Gasteiger partial charge in [-0.05, 0) is 67.8 Å². The third-order valence-electron chi connectivity index (χ3n) is 4.95. The molecule has 3 rings (SSSR count). The second kappa shape index (κ2) is 11.5. The zero-order valence-electron chi connectivity index (χ0n) is 18.4. The van der Waals surface area contributed by atoms with Crippen LogP contribution in [0.3, 0.4) is 0 Å². The van der Waals surface area contributed by atoms with Crippen LogP contribution in [0, 0.1) is 5.82 Å². The molecule has 0 atom stereocenters. The molecule has 0 unspecified atom stereocenters. The molecule has 0 fully saturated rings. The fourth-order valence-electron chi connectivity index (χ4n) is 3.34. The van der Waals surface area contributed by atoms with Gasteiger partial charge >= 0.3 is 0 Å². The second-order valence-corrected chi connectivity index (χ2v) is 9.16. The number of carbonyl (C=O) groups is 1. The van der Waals surface area contributed by atoms with Crippen molar-refractivity contribution in [2.75, 3.05) is 24.0 Å². The van der Waals surface area contributed by atoms with Crippen LogP contribution in [0.1, 0.15) is 18.9 Å². The molecule has 0 saturated carbocycles. The highest BCUT2D eigenvalue weighted by Gasteiger charge is 2.27. The molecule has 0 aromatic heterocycles. The highest BCUT2D eigenvalue weighted by atomic mass is 32.2. The first-order chi connectivity index (χ1) is 15.9. The number of ether oxygens (including phenoxy) is 1. The van der Waals surface area contributed by atoms with Crippen LogP contribution in [0.2, 0.25) is 0 Å². The van der Waals surface area contributed by atoms with Crippen molar-refractivity contribution >= 4 is 21.6 Å². The maximum absolute atomic E-state index is 13.4. The Morgan fingerprint density at radius 2 is 1.64 bits per heavy atom. The minimum absolute atomic E-state index is 0.0506. The average molecular weight is 471 g/mol. The number of nitrogens with zero attached hydrogens (tertiary/aromatic N) is 1. The van der Waals surface area contributed by atoms with Crippen LogP contribution >= 0.6 is 0 Å². The molecular weight excluding hydrogens is 443 g/mol. The Hall–Kier alpha value is -3.39. The first-order valence-corrected chi connectivity index (χ1v) is 12.2. The van der Waals surface area contributed by atoms with Crippen molar-refractivity contribution in [1.29, 1.82) is 0 Å². The van der Waals surface area contributed by atoms with Gasteiger partial charge in [-0.3, -0.25) is 9.10 Å². The Morgan fingerprint density at radius 3 is 2.33 bits per heavy atom. The summed E-state index contributed by atoms with van der Waals surface area (Å²) in [7, 11) is -4.01. The average Bonchev–Trinajstić information content (AvgIpc) is 2.82. The lowest BCUT2D eigenvalue weighted by atomic mass is 10.1. The number of nitrogens with one attached hydrogen (secondary N) is 1. The van der Waals surface area contributed by atoms with Gasteiger partial charge in [-0.2, -0.15) is 0 Å². The quantitative estimate of drug-likeness (QED) is 0.427. The fourth-order valence-corrected chi connectivity index (χ4v) is 4.78. The smallest absolute Gasteiger partial charge is 0.264 e. The van der Waals surface area contributed by atoms with Crippen molar-refractivity contribution < 1.29 is 22.3 Å². The van der Waals surface area contributed by atoms with E-state index in [4.69, 9.17) is 4.74 Å². The van der Waals surface area contributed by atoms with Crippen LogP contribution in [-0.2, 0) is 21.2 Å². The van der Waals surface area contributed by atoms with E-state index in [2.05, 4.69) is 5.32 Å². The third-order valence-corrected chi connectivity index (χ3v) is 6.74. The molecule has 0 aliphatic rings. The van der Waals surface area contributed by atoms with Crippen LogP contribution in [0.4, 0.5) is 10.1 Å². The van der Waals surface area contributed by atoms with Crippen LogP contribution in [0.25, 0.3) is 0 Å². The number of para-hydroxylation sites is 1.